The molecule has 0 spiro atoms. The van der Waals surface area contributed by atoms with Crippen molar-refractivity contribution in [2.24, 2.45) is 17.1 Å². The summed E-state index contributed by atoms with van der Waals surface area (Å²) < 4.78 is 10.5. The Morgan fingerprint density at radius 1 is 1.29 bits per heavy atom. The number of fused-ring (bicyclic) bond motifs is 1. The molecule has 0 radical (unpaired) electrons. The first-order chi connectivity index (χ1) is 11.3. The number of rotatable bonds is 3. The summed E-state index contributed by atoms with van der Waals surface area (Å²) in [5.41, 5.74) is 6.22. The van der Waals surface area contributed by atoms with Gasteiger partial charge < -0.3 is 20.5 Å². The molecule has 6 nitrogen and oxygen atoms in total. The number of carbonyl (C=O) groups is 2. The van der Waals surface area contributed by atoms with E-state index in [2.05, 4.69) is 10.1 Å². The number of nitrogens with one attached hydrogen (secondary N) is 1. The first-order valence-electron chi connectivity index (χ1n) is 8.22. The second-order valence-electron chi connectivity index (χ2n) is 7.15. The Balaban J connectivity index is 1.76. The number of benzene rings is 1. The van der Waals surface area contributed by atoms with Crippen LogP contribution in [0.3, 0.4) is 0 Å². The molecule has 130 valence electrons. The molecule has 6 heteroatoms. The summed E-state index contributed by atoms with van der Waals surface area (Å²) in [5, 5.41) is 2.89. The van der Waals surface area contributed by atoms with Crippen LogP contribution in [0.5, 0.6) is 0 Å². The van der Waals surface area contributed by atoms with E-state index < -0.39 is 16.9 Å². The van der Waals surface area contributed by atoms with E-state index in [4.69, 9.17) is 10.5 Å². The summed E-state index contributed by atoms with van der Waals surface area (Å²) in [4.78, 5) is 24.3. The van der Waals surface area contributed by atoms with Crippen LogP contribution in [-0.2, 0) is 14.3 Å². The predicted molar refractivity (Wildman–Crippen MR) is 89.6 cm³/mol. The van der Waals surface area contributed by atoms with E-state index in [-0.39, 0.29) is 17.9 Å². The van der Waals surface area contributed by atoms with Gasteiger partial charge in [-0.05, 0) is 37.1 Å². The zero-order chi connectivity index (χ0) is 17.5. The Labute approximate surface area is 141 Å². The Hall–Kier alpha value is -1.92. The van der Waals surface area contributed by atoms with Crippen molar-refractivity contribution in [3.8, 4) is 0 Å². The second kappa shape index (κ2) is 5.86. The van der Waals surface area contributed by atoms with Crippen LogP contribution in [0, 0.1) is 11.3 Å². The van der Waals surface area contributed by atoms with Crippen molar-refractivity contribution in [3.05, 3.63) is 29.8 Å². The molecule has 3 rings (SSSR count). The molecule has 1 aliphatic carbocycles. The number of amides is 1. The van der Waals surface area contributed by atoms with Crippen molar-refractivity contribution in [2.45, 2.75) is 38.3 Å². The van der Waals surface area contributed by atoms with Crippen LogP contribution in [0.1, 0.15) is 37.0 Å². The van der Waals surface area contributed by atoms with Crippen LogP contribution in [0.25, 0.3) is 0 Å². The molecule has 2 fully saturated rings. The van der Waals surface area contributed by atoms with Gasteiger partial charge in [0.1, 0.15) is 5.54 Å². The molecule has 1 saturated carbocycles. The van der Waals surface area contributed by atoms with Crippen LogP contribution in [0.15, 0.2) is 24.3 Å². The lowest BCUT2D eigenvalue weighted by Crippen LogP contribution is -2.81. The fraction of sp³-hybridized carbons (Fsp3) is 0.556. The molecule has 3 N–H and O–H groups in total. The van der Waals surface area contributed by atoms with E-state index >= 15 is 0 Å². The summed E-state index contributed by atoms with van der Waals surface area (Å²) in [6.45, 7) is 4.70. The zero-order valence-corrected chi connectivity index (χ0v) is 14.3. The van der Waals surface area contributed by atoms with Crippen molar-refractivity contribution in [1.82, 2.24) is 0 Å². The lowest BCUT2D eigenvalue weighted by Gasteiger charge is -2.65. The lowest BCUT2D eigenvalue weighted by molar-refractivity contribution is -0.222. The van der Waals surface area contributed by atoms with E-state index in [1.54, 1.807) is 24.3 Å². The van der Waals surface area contributed by atoms with Crippen LogP contribution in [0.2, 0.25) is 0 Å². The second-order valence-corrected chi connectivity index (χ2v) is 7.15. The van der Waals surface area contributed by atoms with E-state index in [0.717, 1.165) is 19.4 Å². The number of carbonyl (C=O) groups excluding carboxylic acids is 2. The van der Waals surface area contributed by atoms with Crippen LogP contribution < -0.4 is 11.1 Å². The van der Waals surface area contributed by atoms with Gasteiger partial charge in [0.15, 0.2) is 0 Å². The van der Waals surface area contributed by atoms with Crippen molar-refractivity contribution in [2.75, 3.05) is 19.0 Å². The number of hydrogen-bond acceptors (Lipinski definition) is 5. The number of hydrogen-bond donors (Lipinski definition) is 2. The SMILES string of the molecule is COC(=O)c1ccc(NC(=O)C2(N)C3CCCOC3C2(C)C)cc1. The van der Waals surface area contributed by atoms with Crippen LogP contribution >= 0.6 is 0 Å². The van der Waals surface area contributed by atoms with E-state index in [9.17, 15) is 9.59 Å². The normalized spacial score (nSPS) is 30.7. The molecular formula is C18H24N2O4. The topological polar surface area (TPSA) is 90.7 Å². The van der Waals surface area contributed by atoms with Gasteiger partial charge in [0.05, 0.1) is 18.8 Å². The fourth-order valence-corrected chi connectivity index (χ4v) is 4.08. The fourth-order valence-electron chi connectivity index (χ4n) is 4.08. The predicted octanol–water partition coefficient (Wildman–Crippen LogP) is 1.94. The van der Waals surface area contributed by atoms with Gasteiger partial charge in [0.25, 0.3) is 0 Å². The van der Waals surface area contributed by atoms with Gasteiger partial charge in [-0.25, -0.2) is 4.79 Å². The lowest BCUT2D eigenvalue weighted by atomic mass is 9.46. The maximum atomic E-state index is 12.9. The third kappa shape index (κ3) is 2.32. The van der Waals surface area contributed by atoms with Gasteiger partial charge in [0, 0.05) is 23.6 Å². The molecule has 1 aromatic carbocycles. The quantitative estimate of drug-likeness (QED) is 0.826. The van der Waals surface area contributed by atoms with Crippen molar-refractivity contribution < 1.29 is 19.1 Å². The maximum Gasteiger partial charge on any atom is 0.337 e. The van der Waals surface area contributed by atoms with E-state index in [0.29, 0.717) is 11.3 Å². The Bertz CT molecular complexity index is 655. The highest BCUT2D eigenvalue weighted by Gasteiger charge is 2.70. The molecule has 3 unspecified atom stereocenters. The zero-order valence-electron chi connectivity index (χ0n) is 14.3. The molecule has 24 heavy (non-hydrogen) atoms. The van der Waals surface area contributed by atoms with Crippen molar-refractivity contribution >= 4 is 17.6 Å². The molecule has 2 aliphatic rings. The van der Waals surface area contributed by atoms with Crippen LogP contribution in [-0.4, -0.2) is 37.2 Å². The van der Waals surface area contributed by atoms with Gasteiger partial charge in [0.2, 0.25) is 5.91 Å². The molecule has 1 aromatic rings. The standard InChI is InChI=1S/C18H24N2O4/c1-17(2)14-13(5-4-10-24-14)18(17,19)16(22)20-12-8-6-11(7-9-12)15(21)23-3/h6-9,13-14H,4-5,10,19H2,1-3H3,(H,20,22). The molecule has 1 aliphatic heterocycles. The van der Waals surface area contributed by atoms with Gasteiger partial charge in [-0.1, -0.05) is 13.8 Å². The highest BCUT2D eigenvalue weighted by atomic mass is 16.5. The number of ether oxygens (including phenoxy) is 2. The Morgan fingerprint density at radius 2 is 1.96 bits per heavy atom. The third-order valence-electron chi connectivity index (χ3n) is 5.62. The molecule has 1 amide bonds. The summed E-state index contributed by atoms with van der Waals surface area (Å²) >= 11 is 0. The number of nitrogens with two attached hydrogens (primary N) is 1. The van der Waals surface area contributed by atoms with Gasteiger partial charge in [-0.2, -0.15) is 0 Å². The summed E-state index contributed by atoms with van der Waals surface area (Å²) in [7, 11) is 1.33. The van der Waals surface area contributed by atoms with Crippen LogP contribution in [0.4, 0.5) is 5.69 Å². The molecule has 1 saturated heterocycles. The van der Waals surface area contributed by atoms with Gasteiger partial charge in [-0.15, -0.1) is 0 Å². The first-order valence-corrected chi connectivity index (χ1v) is 8.22. The smallest absolute Gasteiger partial charge is 0.337 e. The first kappa shape index (κ1) is 16.9. The number of methoxy groups -OCH3 is 1. The minimum absolute atomic E-state index is 0.0312. The summed E-state index contributed by atoms with van der Waals surface area (Å²) in [6, 6.07) is 6.58. The highest BCUT2D eigenvalue weighted by Crippen LogP contribution is 2.57. The Kier molecular flexibility index (Phi) is 4.13. The monoisotopic (exact) mass is 332 g/mol. The van der Waals surface area contributed by atoms with Crippen molar-refractivity contribution in [1.29, 1.82) is 0 Å². The third-order valence-corrected chi connectivity index (χ3v) is 5.62. The molecular weight excluding hydrogens is 308 g/mol. The van der Waals surface area contributed by atoms with Gasteiger partial charge in [-0.3, -0.25) is 4.79 Å². The molecule has 0 bridgehead atoms. The minimum Gasteiger partial charge on any atom is -0.465 e. The minimum atomic E-state index is -0.959. The number of anilines is 1. The highest BCUT2D eigenvalue weighted by molar-refractivity contribution is 6.00. The summed E-state index contributed by atoms with van der Waals surface area (Å²) in [5.74, 6) is -0.578. The van der Waals surface area contributed by atoms with Crippen molar-refractivity contribution in [3.63, 3.8) is 0 Å². The molecule has 3 atom stereocenters. The average Bonchev–Trinajstić information content (AvgIpc) is 2.60. The largest absolute Gasteiger partial charge is 0.465 e. The maximum absolute atomic E-state index is 12.9. The average molecular weight is 332 g/mol. The molecule has 0 aromatic heterocycles. The summed E-state index contributed by atoms with van der Waals surface area (Å²) in [6.07, 6.45) is 1.86. The number of esters is 1. The van der Waals surface area contributed by atoms with Gasteiger partial charge >= 0.3 is 5.97 Å². The van der Waals surface area contributed by atoms with E-state index in [1.807, 2.05) is 13.8 Å². The Morgan fingerprint density at radius 3 is 2.58 bits per heavy atom. The molecule has 1 heterocycles. The van der Waals surface area contributed by atoms with E-state index in [1.165, 1.54) is 7.11 Å².